The van der Waals surface area contributed by atoms with Gasteiger partial charge in [-0.25, -0.2) is 13.1 Å². The third-order valence-corrected chi connectivity index (χ3v) is 4.93. The van der Waals surface area contributed by atoms with Crippen molar-refractivity contribution in [2.45, 2.75) is 11.8 Å². The van der Waals surface area contributed by atoms with E-state index in [1.54, 1.807) is 12.1 Å². The first-order valence-electron chi connectivity index (χ1n) is 7.04. The molecule has 2 rings (SSSR count). The number of nitro groups is 1. The third kappa shape index (κ3) is 4.67. The molecular weight excluding hydrogens is 354 g/mol. The second kappa shape index (κ2) is 7.61. The van der Waals surface area contributed by atoms with Gasteiger partial charge in [-0.15, -0.1) is 0 Å². The SMILES string of the molecule is Cc1ccc(S(=O)(=O)NCCNc2cc(Cl)ccc2[N+](=O)[O-])cc1. The van der Waals surface area contributed by atoms with E-state index < -0.39 is 14.9 Å². The Labute approximate surface area is 144 Å². The topological polar surface area (TPSA) is 101 Å². The Balaban J connectivity index is 1.97. The number of sulfonamides is 1. The zero-order valence-corrected chi connectivity index (χ0v) is 14.4. The minimum atomic E-state index is -3.62. The van der Waals surface area contributed by atoms with Crippen molar-refractivity contribution >= 4 is 33.0 Å². The van der Waals surface area contributed by atoms with Crippen molar-refractivity contribution < 1.29 is 13.3 Å². The number of halogens is 1. The molecular formula is C15H16ClN3O4S. The van der Waals surface area contributed by atoms with Gasteiger partial charge in [-0.05, 0) is 31.2 Å². The second-order valence-corrected chi connectivity index (χ2v) is 7.26. The lowest BCUT2D eigenvalue weighted by Crippen LogP contribution is -2.29. The number of anilines is 1. The van der Waals surface area contributed by atoms with Crippen LogP contribution in [0.5, 0.6) is 0 Å². The van der Waals surface area contributed by atoms with Crippen molar-refractivity contribution in [2.75, 3.05) is 18.4 Å². The normalized spacial score (nSPS) is 11.2. The number of nitro benzene ring substituents is 1. The number of hydrogen-bond donors (Lipinski definition) is 2. The van der Waals surface area contributed by atoms with Crippen molar-refractivity contribution in [3.63, 3.8) is 0 Å². The van der Waals surface area contributed by atoms with Crippen LogP contribution in [0.2, 0.25) is 5.02 Å². The molecule has 2 aromatic rings. The molecule has 24 heavy (non-hydrogen) atoms. The summed E-state index contributed by atoms with van der Waals surface area (Å²) in [5.74, 6) is 0. The largest absolute Gasteiger partial charge is 0.378 e. The van der Waals surface area contributed by atoms with Gasteiger partial charge in [-0.1, -0.05) is 29.3 Å². The van der Waals surface area contributed by atoms with Crippen LogP contribution in [-0.2, 0) is 10.0 Å². The fraction of sp³-hybridized carbons (Fsp3) is 0.200. The molecule has 0 spiro atoms. The fourth-order valence-corrected chi connectivity index (χ4v) is 3.20. The molecule has 0 heterocycles. The average molecular weight is 370 g/mol. The number of nitrogens with zero attached hydrogens (tertiary/aromatic N) is 1. The van der Waals surface area contributed by atoms with Crippen LogP contribution >= 0.6 is 11.6 Å². The van der Waals surface area contributed by atoms with Crippen LogP contribution in [0.3, 0.4) is 0 Å². The van der Waals surface area contributed by atoms with E-state index in [1.807, 2.05) is 6.92 Å². The van der Waals surface area contributed by atoms with Gasteiger partial charge in [0.25, 0.3) is 5.69 Å². The van der Waals surface area contributed by atoms with E-state index >= 15 is 0 Å². The molecule has 7 nitrogen and oxygen atoms in total. The standard InChI is InChI=1S/C15H16ClN3O4S/c1-11-2-5-13(6-3-11)24(22,23)18-9-8-17-14-10-12(16)4-7-15(14)19(20)21/h2-7,10,17-18H,8-9H2,1H3. The molecule has 0 amide bonds. The van der Waals surface area contributed by atoms with Crippen molar-refractivity contribution in [2.24, 2.45) is 0 Å². The summed E-state index contributed by atoms with van der Waals surface area (Å²) in [6.07, 6.45) is 0. The molecule has 2 N–H and O–H groups in total. The first-order chi connectivity index (χ1) is 11.3. The highest BCUT2D eigenvalue weighted by Crippen LogP contribution is 2.27. The zero-order chi connectivity index (χ0) is 17.7. The lowest BCUT2D eigenvalue weighted by Gasteiger charge is -2.09. The molecule has 0 bridgehead atoms. The van der Waals surface area contributed by atoms with Crippen LogP contribution in [0.4, 0.5) is 11.4 Å². The molecule has 0 radical (unpaired) electrons. The molecule has 0 atom stereocenters. The number of hydrogen-bond acceptors (Lipinski definition) is 5. The number of benzene rings is 2. The second-order valence-electron chi connectivity index (χ2n) is 5.06. The Morgan fingerprint density at radius 1 is 1.12 bits per heavy atom. The number of nitrogens with one attached hydrogen (secondary N) is 2. The van der Waals surface area contributed by atoms with E-state index in [4.69, 9.17) is 11.6 Å². The molecule has 0 aliphatic rings. The molecule has 0 unspecified atom stereocenters. The van der Waals surface area contributed by atoms with Crippen molar-refractivity contribution in [3.8, 4) is 0 Å². The summed E-state index contributed by atoms with van der Waals surface area (Å²) in [5.41, 5.74) is 1.08. The third-order valence-electron chi connectivity index (χ3n) is 3.22. The van der Waals surface area contributed by atoms with Crippen LogP contribution < -0.4 is 10.0 Å². The number of aryl methyl sites for hydroxylation is 1. The lowest BCUT2D eigenvalue weighted by atomic mass is 10.2. The van der Waals surface area contributed by atoms with E-state index in [0.29, 0.717) is 5.02 Å². The maximum atomic E-state index is 12.1. The smallest absolute Gasteiger partial charge is 0.292 e. The number of rotatable bonds is 7. The molecule has 9 heteroatoms. The summed E-state index contributed by atoms with van der Waals surface area (Å²) in [7, 11) is -3.62. The van der Waals surface area contributed by atoms with Gasteiger partial charge in [-0.2, -0.15) is 0 Å². The van der Waals surface area contributed by atoms with Gasteiger partial charge in [0.1, 0.15) is 5.69 Å². The molecule has 0 aliphatic carbocycles. The minimum absolute atomic E-state index is 0.0693. The van der Waals surface area contributed by atoms with Crippen LogP contribution in [0.15, 0.2) is 47.4 Å². The Morgan fingerprint density at radius 3 is 2.42 bits per heavy atom. The van der Waals surface area contributed by atoms with Crippen molar-refractivity contribution in [1.82, 2.24) is 4.72 Å². The van der Waals surface area contributed by atoms with Crippen LogP contribution in [0, 0.1) is 17.0 Å². The Morgan fingerprint density at radius 2 is 1.79 bits per heavy atom. The van der Waals surface area contributed by atoms with Crippen molar-refractivity contribution in [1.29, 1.82) is 0 Å². The highest BCUT2D eigenvalue weighted by Gasteiger charge is 2.15. The summed E-state index contributed by atoms with van der Waals surface area (Å²) in [5, 5.41) is 14.1. The Hall–Kier alpha value is -2.16. The Bertz CT molecular complexity index is 838. The molecule has 128 valence electrons. The first kappa shape index (κ1) is 18.2. The van der Waals surface area contributed by atoms with Gasteiger partial charge in [0.05, 0.1) is 9.82 Å². The molecule has 0 saturated carbocycles. The molecule has 2 aromatic carbocycles. The van der Waals surface area contributed by atoms with Crippen molar-refractivity contribution in [3.05, 3.63) is 63.2 Å². The summed E-state index contributed by atoms with van der Waals surface area (Å²) in [6.45, 7) is 2.11. The maximum absolute atomic E-state index is 12.1. The maximum Gasteiger partial charge on any atom is 0.292 e. The van der Waals surface area contributed by atoms with E-state index in [2.05, 4.69) is 10.0 Å². The van der Waals surface area contributed by atoms with Gasteiger partial charge >= 0.3 is 0 Å². The van der Waals surface area contributed by atoms with E-state index in [9.17, 15) is 18.5 Å². The summed E-state index contributed by atoms with van der Waals surface area (Å²) in [4.78, 5) is 10.6. The van der Waals surface area contributed by atoms with Gasteiger partial charge in [0.15, 0.2) is 0 Å². The van der Waals surface area contributed by atoms with E-state index in [0.717, 1.165) is 5.56 Å². The quantitative estimate of drug-likeness (QED) is 0.444. The highest BCUT2D eigenvalue weighted by molar-refractivity contribution is 7.89. The molecule has 0 fully saturated rings. The lowest BCUT2D eigenvalue weighted by molar-refractivity contribution is -0.384. The van der Waals surface area contributed by atoms with E-state index in [-0.39, 0.29) is 29.4 Å². The predicted octanol–water partition coefficient (Wildman–Crippen LogP) is 2.95. The van der Waals surface area contributed by atoms with Gasteiger partial charge in [0, 0.05) is 24.2 Å². The molecule has 0 saturated heterocycles. The summed E-state index contributed by atoms with van der Waals surface area (Å²) < 4.78 is 26.7. The van der Waals surface area contributed by atoms with Gasteiger partial charge in [0.2, 0.25) is 10.0 Å². The zero-order valence-electron chi connectivity index (χ0n) is 12.8. The highest BCUT2D eigenvalue weighted by atomic mass is 35.5. The van der Waals surface area contributed by atoms with Crippen LogP contribution in [0.25, 0.3) is 0 Å². The predicted molar refractivity (Wildman–Crippen MR) is 93.0 cm³/mol. The monoisotopic (exact) mass is 369 g/mol. The Kier molecular flexibility index (Phi) is 5.76. The summed E-state index contributed by atoms with van der Waals surface area (Å²) >= 11 is 5.83. The fourth-order valence-electron chi connectivity index (χ4n) is 1.99. The van der Waals surface area contributed by atoms with Gasteiger partial charge in [-0.3, -0.25) is 10.1 Å². The minimum Gasteiger partial charge on any atom is -0.378 e. The van der Waals surface area contributed by atoms with Crippen LogP contribution in [-0.4, -0.2) is 26.4 Å². The molecule has 0 aliphatic heterocycles. The summed E-state index contributed by atoms with van der Waals surface area (Å²) in [6, 6.07) is 10.6. The van der Waals surface area contributed by atoms with Crippen LogP contribution in [0.1, 0.15) is 5.56 Å². The molecule has 0 aromatic heterocycles. The van der Waals surface area contributed by atoms with E-state index in [1.165, 1.54) is 30.3 Å². The average Bonchev–Trinajstić information content (AvgIpc) is 2.52. The first-order valence-corrected chi connectivity index (χ1v) is 8.90. The van der Waals surface area contributed by atoms with Gasteiger partial charge < -0.3 is 5.32 Å².